The molecule has 2 saturated heterocycles. The van der Waals surface area contributed by atoms with Crippen LogP contribution in [0.5, 0.6) is 11.5 Å². The van der Waals surface area contributed by atoms with Crippen LogP contribution in [0.25, 0.3) is 0 Å². The van der Waals surface area contributed by atoms with E-state index in [2.05, 4.69) is 23.1 Å². The third-order valence-corrected chi connectivity index (χ3v) is 6.10. The Labute approximate surface area is 178 Å². The van der Waals surface area contributed by atoms with Crippen LogP contribution in [0.1, 0.15) is 36.1 Å². The second-order valence-electron chi connectivity index (χ2n) is 7.75. The maximum absolute atomic E-state index is 13.7. The Morgan fingerprint density at radius 3 is 2.50 bits per heavy atom. The van der Waals surface area contributed by atoms with Crippen molar-refractivity contribution in [1.29, 1.82) is 0 Å². The van der Waals surface area contributed by atoms with Crippen molar-refractivity contribution in [2.24, 2.45) is 0 Å². The Morgan fingerprint density at radius 1 is 1.03 bits per heavy atom. The third kappa shape index (κ3) is 4.16. The van der Waals surface area contributed by atoms with E-state index in [1.54, 1.807) is 14.2 Å². The number of carbonyl (C=O) groups excluding carboxylic acids is 1. The van der Waals surface area contributed by atoms with E-state index in [4.69, 9.17) is 14.2 Å². The van der Waals surface area contributed by atoms with Gasteiger partial charge in [0.1, 0.15) is 17.5 Å². The van der Waals surface area contributed by atoms with Gasteiger partial charge in [-0.25, -0.2) is 0 Å². The number of hydrogen-bond acceptors (Lipinski definition) is 5. The first-order valence-electron chi connectivity index (χ1n) is 10.6. The number of amides is 1. The molecule has 0 saturated carbocycles. The van der Waals surface area contributed by atoms with Gasteiger partial charge < -0.3 is 19.1 Å². The summed E-state index contributed by atoms with van der Waals surface area (Å²) in [4.78, 5) is 18.0. The van der Waals surface area contributed by atoms with Crippen molar-refractivity contribution >= 4 is 5.91 Å². The molecule has 6 heteroatoms. The zero-order valence-corrected chi connectivity index (χ0v) is 17.8. The minimum Gasteiger partial charge on any atom is -0.497 e. The number of rotatable bonds is 6. The van der Waals surface area contributed by atoms with Gasteiger partial charge in [-0.15, -0.1) is 0 Å². The van der Waals surface area contributed by atoms with Gasteiger partial charge in [-0.2, -0.15) is 0 Å². The smallest absolute Gasteiger partial charge is 0.244 e. The highest BCUT2D eigenvalue weighted by Gasteiger charge is 2.39. The number of hydrogen-bond donors (Lipinski definition) is 0. The molecular weight excluding hydrogens is 380 g/mol. The van der Waals surface area contributed by atoms with Gasteiger partial charge in [0.25, 0.3) is 0 Å². The summed E-state index contributed by atoms with van der Waals surface area (Å²) in [5.41, 5.74) is 2.14. The quantitative estimate of drug-likeness (QED) is 0.730. The van der Waals surface area contributed by atoms with Crippen LogP contribution in [0, 0.1) is 0 Å². The third-order valence-electron chi connectivity index (χ3n) is 6.10. The fourth-order valence-corrected chi connectivity index (χ4v) is 4.59. The van der Waals surface area contributed by atoms with E-state index in [0.29, 0.717) is 26.3 Å². The summed E-state index contributed by atoms with van der Waals surface area (Å²) < 4.78 is 16.5. The average molecular weight is 411 g/mol. The Balaban J connectivity index is 1.70. The number of carbonyl (C=O) groups is 1. The van der Waals surface area contributed by atoms with E-state index < -0.39 is 0 Å². The van der Waals surface area contributed by atoms with E-state index in [0.717, 1.165) is 42.0 Å². The number of methoxy groups -OCH3 is 2. The van der Waals surface area contributed by atoms with Crippen molar-refractivity contribution in [3.63, 3.8) is 0 Å². The summed E-state index contributed by atoms with van der Waals surface area (Å²) in [5.74, 6) is 1.73. The van der Waals surface area contributed by atoms with E-state index in [1.807, 2.05) is 35.2 Å². The molecule has 0 aromatic heterocycles. The molecule has 2 aliphatic heterocycles. The molecule has 2 atom stereocenters. The molecule has 2 aromatic carbocycles. The van der Waals surface area contributed by atoms with Gasteiger partial charge in [-0.05, 0) is 31.0 Å². The molecule has 30 heavy (non-hydrogen) atoms. The molecule has 0 radical (unpaired) electrons. The largest absolute Gasteiger partial charge is 0.497 e. The van der Waals surface area contributed by atoms with Crippen LogP contribution < -0.4 is 9.47 Å². The summed E-state index contributed by atoms with van der Waals surface area (Å²) in [6.07, 6.45) is 2.03. The minimum absolute atomic E-state index is 0.112. The second kappa shape index (κ2) is 9.49. The normalized spacial score (nSPS) is 20.7. The number of likely N-dealkylation sites (tertiary alicyclic amines) is 1. The number of ether oxygens (including phenoxy) is 3. The molecule has 4 rings (SSSR count). The summed E-state index contributed by atoms with van der Waals surface area (Å²) in [6, 6.07) is 15.9. The van der Waals surface area contributed by atoms with Crippen LogP contribution in [0.15, 0.2) is 48.5 Å². The van der Waals surface area contributed by atoms with Gasteiger partial charge in [-0.1, -0.05) is 36.4 Å². The van der Waals surface area contributed by atoms with Crippen LogP contribution in [0.3, 0.4) is 0 Å². The molecule has 2 aromatic rings. The van der Waals surface area contributed by atoms with Crippen LogP contribution in [0.2, 0.25) is 0 Å². The zero-order valence-electron chi connectivity index (χ0n) is 17.8. The highest BCUT2D eigenvalue weighted by molar-refractivity contribution is 5.83. The number of nitrogens with zero attached hydrogens (tertiary/aromatic N) is 2. The summed E-state index contributed by atoms with van der Waals surface area (Å²) in [7, 11) is 3.34. The predicted octanol–water partition coefficient (Wildman–Crippen LogP) is 3.44. The molecule has 0 spiro atoms. The summed E-state index contributed by atoms with van der Waals surface area (Å²) in [5, 5.41) is 0. The molecule has 6 nitrogen and oxygen atoms in total. The molecular formula is C24H30N2O4. The van der Waals surface area contributed by atoms with Crippen molar-refractivity contribution in [3.8, 4) is 11.5 Å². The van der Waals surface area contributed by atoms with Crippen molar-refractivity contribution in [2.75, 3.05) is 47.1 Å². The summed E-state index contributed by atoms with van der Waals surface area (Å²) >= 11 is 0. The van der Waals surface area contributed by atoms with Gasteiger partial charge in [0, 0.05) is 30.8 Å². The first-order valence-corrected chi connectivity index (χ1v) is 10.6. The predicted molar refractivity (Wildman–Crippen MR) is 115 cm³/mol. The average Bonchev–Trinajstić information content (AvgIpc) is 3.29. The topological polar surface area (TPSA) is 51.2 Å². The molecule has 160 valence electrons. The molecule has 0 aliphatic carbocycles. The molecule has 0 bridgehead atoms. The van der Waals surface area contributed by atoms with Crippen molar-refractivity contribution < 1.29 is 19.0 Å². The first-order chi connectivity index (χ1) is 14.7. The van der Waals surface area contributed by atoms with Crippen molar-refractivity contribution in [3.05, 3.63) is 59.7 Å². The van der Waals surface area contributed by atoms with Crippen molar-refractivity contribution in [2.45, 2.75) is 24.9 Å². The fraction of sp³-hybridized carbons (Fsp3) is 0.458. The van der Waals surface area contributed by atoms with E-state index >= 15 is 0 Å². The molecule has 0 N–H and O–H groups in total. The molecule has 2 heterocycles. The molecule has 0 unspecified atom stereocenters. The van der Waals surface area contributed by atoms with E-state index in [1.165, 1.54) is 0 Å². The Hall–Kier alpha value is -2.57. The SMILES string of the molecule is COc1ccc([C@@H]2CCCN2[C@@H](C(=O)N2CCOCC2)c2ccccc2)c(OC)c1. The monoisotopic (exact) mass is 410 g/mol. The fourth-order valence-electron chi connectivity index (χ4n) is 4.59. The van der Waals surface area contributed by atoms with Gasteiger partial charge in [0.2, 0.25) is 5.91 Å². The lowest BCUT2D eigenvalue weighted by molar-refractivity contribution is -0.142. The van der Waals surface area contributed by atoms with Crippen molar-refractivity contribution in [1.82, 2.24) is 9.80 Å². The van der Waals surface area contributed by atoms with Crippen LogP contribution in [-0.2, 0) is 9.53 Å². The number of morpholine rings is 1. The lowest BCUT2D eigenvalue weighted by atomic mass is 9.98. The van der Waals surface area contributed by atoms with E-state index in [-0.39, 0.29) is 18.0 Å². The Kier molecular flexibility index (Phi) is 6.55. The summed E-state index contributed by atoms with van der Waals surface area (Å²) in [6.45, 7) is 3.36. The van der Waals surface area contributed by atoms with Gasteiger partial charge in [0.05, 0.1) is 27.4 Å². The van der Waals surface area contributed by atoms with Gasteiger partial charge >= 0.3 is 0 Å². The molecule has 2 aliphatic rings. The standard InChI is InChI=1S/C24H30N2O4/c1-28-19-10-11-20(22(17-19)29-2)21-9-6-12-26(21)23(18-7-4-3-5-8-18)24(27)25-13-15-30-16-14-25/h3-5,7-8,10-11,17,21,23H,6,9,12-16H2,1-2H3/t21-,23+/m0/s1. The minimum atomic E-state index is -0.316. The van der Waals surface area contributed by atoms with Gasteiger partial charge in [-0.3, -0.25) is 9.69 Å². The van der Waals surface area contributed by atoms with Crippen LogP contribution in [0.4, 0.5) is 0 Å². The Bertz CT molecular complexity index is 852. The lowest BCUT2D eigenvalue weighted by Gasteiger charge is -2.37. The first kappa shape index (κ1) is 20.7. The number of benzene rings is 2. The molecule has 1 amide bonds. The second-order valence-corrected chi connectivity index (χ2v) is 7.75. The van der Waals surface area contributed by atoms with Gasteiger partial charge in [0.15, 0.2) is 0 Å². The maximum atomic E-state index is 13.7. The lowest BCUT2D eigenvalue weighted by Crippen LogP contribution is -2.47. The molecule has 2 fully saturated rings. The van der Waals surface area contributed by atoms with Crippen LogP contribution in [-0.4, -0.2) is 62.8 Å². The highest BCUT2D eigenvalue weighted by Crippen LogP contribution is 2.43. The Morgan fingerprint density at radius 2 is 1.80 bits per heavy atom. The zero-order chi connectivity index (χ0) is 20.9. The van der Waals surface area contributed by atoms with Crippen LogP contribution >= 0.6 is 0 Å². The maximum Gasteiger partial charge on any atom is 0.244 e. The highest BCUT2D eigenvalue weighted by atomic mass is 16.5. The van der Waals surface area contributed by atoms with E-state index in [9.17, 15) is 4.79 Å².